The van der Waals surface area contributed by atoms with Crippen LogP contribution in [0, 0.1) is 0 Å². The molecule has 0 aromatic rings. The molecule has 0 spiro atoms. The summed E-state index contributed by atoms with van der Waals surface area (Å²) in [6, 6.07) is 0. The first-order chi connectivity index (χ1) is 7.54. The van der Waals surface area contributed by atoms with Crippen LogP contribution in [0.15, 0.2) is 0 Å². The van der Waals surface area contributed by atoms with Crippen LogP contribution in [0.5, 0.6) is 0 Å². The Hall–Kier alpha value is -0.570. The summed E-state index contributed by atoms with van der Waals surface area (Å²) in [5.74, 6) is -0.774. The second-order valence-corrected chi connectivity index (χ2v) is 3.33. The van der Waals surface area contributed by atoms with E-state index >= 15 is 0 Å². The molecular formula is C9H19NO6. The number of carbonyl (C=O) groups is 1. The number of rotatable bonds is 9. The summed E-state index contributed by atoms with van der Waals surface area (Å²) in [6.45, 7) is 1.32. The van der Waals surface area contributed by atoms with Crippen LogP contribution in [-0.4, -0.2) is 64.3 Å². The van der Waals surface area contributed by atoms with Crippen LogP contribution in [0.3, 0.4) is 0 Å². The van der Waals surface area contributed by atoms with Gasteiger partial charge in [-0.3, -0.25) is 9.63 Å². The standard InChI is InChI=1S/C9H19NO6/c1-2-3-10-16-5-7(13)9(15)8(14)6(12)4-11/h6,8-12,14-15H,2-5H2,1H3/t6-,8-,9-/m1/s1. The van der Waals surface area contributed by atoms with E-state index in [2.05, 4.69) is 5.48 Å². The van der Waals surface area contributed by atoms with Crippen LogP contribution in [-0.2, 0) is 9.63 Å². The number of Topliss-reactive ketones (excluding diaryl/α,β-unsaturated/α-hetero) is 1. The zero-order valence-corrected chi connectivity index (χ0v) is 9.17. The van der Waals surface area contributed by atoms with Gasteiger partial charge in [-0.15, -0.1) is 0 Å². The first-order valence-electron chi connectivity index (χ1n) is 5.07. The Balaban J connectivity index is 3.88. The molecule has 0 saturated carbocycles. The maximum atomic E-state index is 11.2. The van der Waals surface area contributed by atoms with E-state index in [4.69, 9.17) is 15.1 Å². The summed E-state index contributed by atoms with van der Waals surface area (Å²) in [6.07, 6.45) is -4.22. The van der Waals surface area contributed by atoms with Gasteiger partial charge in [-0.1, -0.05) is 6.92 Å². The van der Waals surface area contributed by atoms with E-state index in [9.17, 15) is 15.0 Å². The van der Waals surface area contributed by atoms with E-state index in [-0.39, 0.29) is 0 Å². The minimum Gasteiger partial charge on any atom is -0.394 e. The van der Waals surface area contributed by atoms with Crippen molar-refractivity contribution in [3.8, 4) is 0 Å². The largest absolute Gasteiger partial charge is 0.394 e. The molecule has 0 fully saturated rings. The molecular weight excluding hydrogens is 218 g/mol. The van der Waals surface area contributed by atoms with Gasteiger partial charge in [0, 0.05) is 6.54 Å². The van der Waals surface area contributed by atoms with Crippen molar-refractivity contribution in [3.63, 3.8) is 0 Å². The quantitative estimate of drug-likeness (QED) is 0.223. The Morgan fingerprint density at radius 3 is 2.50 bits per heavy atom. The molecule has 0 aliphatic carbocycles. The van der Waals surface area contributed by atoms with E-state index in [0.29, 0.717) is 6.54 Å². The Labute approximate surface area is 93.6 Å². The SMILES string of the molecule is CCCNOCC(=O)[C@@H](O)[C@H](O)[C@H](O)CO. The molecule has 0 bridgehead atoms. The maximum absolute atomic E-state index is 11.2. The number of aliphatic hydroxyl groups excluding tert-OH is 4. The van der Waals surface area contributed by atoms with Gasteiger partial charge in [0.2, 0.25) is 0 Å². The first kappa shape index (κ1) is 15.4. The van der Waals surface area contributed by atoms with Crippen molar-refractivity contribution in [2.45, 2.75) is 31.7 Å². The number of hydroxylamine groups is 1. The highest BCUT2D eigenvalue weighted by Gasteiger charge is 2.29. The topological polar surface area (TPSA) is 119 Å². The highest BCUT2D eigenvalue weighted by atomic mass is 16.6. The minimum absolute atomic E-state index is 0.420. The molecule has 16 heavy (non-hydrogen) atoms. The van der Waals surface area contributed by atoms with Crippen molar-refractivity contribution in [2.24, 2.45) is 0 Å². The second-order valence-electron chi connectivity index (χ2n) is 3.33. The van der Waals surface area contributed by atoms with E-state index in [1.807, 2.05) is 6.92 Å². The molecule has 7 nitrogen and oxygen atoms in total. The summed E-state index contributed by atoms with van der Waals surface area (Å²) in [4.78, 5) is 15.9. The third kappa shape index (κ3) is 5.50. The molecule has 0 aromatic heterocycles. The Morgan fingerprint density at radius 2 is 2.00 bits per heavy atom. The molecule has 0 rings (SSSR count). The molecule has 0 aliphatic rings. The van der Waals surface area contributed by atoms with Gasteiger partial charge >= 0.3 is 0 Å². The van der Waals surface area contributed by atoms with Gasteiger partial charge in [0.05, 0.1) is 6.61 Å². The number of carbonyl (C=O) groups excluding carboxylic acids is 1. The lowest BCUT2D eigenvalue weighted by Gasteiger charge is -2.20. The highest BCUT2D eigenvalue weighted by molar-refractivity contribution is 5.84. The van der Waals surface area contributed by atoms with Crippen molar-refractivity contribution >= 4 is 5.78 Å². The Bertz CT molecular complexity index is 200. The molecule has 7 heteroatoms. The first-order valence-corrected chi connectivity index (χ1v) is 5.07. The number of nitrogens with one attached hydrogen (secondary N) is 1. The van der Waals surface area contributed by atoms with Crippen LogP contribution in [0.2, 0.25) is 0 Å². The van der Waals surface area contributed by atoms with Crippen molar-refractivity contribution in [1.82, 2.24) is 5.48 Å². The molecule has 96 valence electrons. The third-order valence-corrected chi connectivity index (χ3v) is 1.90. The number of hydrogen-bond donors (Lipinski definition) is 5. The third-order valence-electron chi connectivity index (χ3n) is 1.90. The van der Waals surface area contributed by atoms with Gasteiger partial charge in [0.25, 0.3) is 0 Å². The highest BCUT2D eigenvalue weighted by Crippen LogP contribution is 2.01. The fourth-order valence-corrected chi connectivity index (χ4v) is 0.891. The molecule has 3 atom stereocenters. The average molecular weight is 237 g/mol. The molecule has 0 amide bonds. The summed E-state index contributed by atoms with van der Waals surface area (Å²) < 4.78 is 0. The molecule has 5 N–H and O–H groups in total. The van der Waals surface area contributed by atoms with Gasteiger partial charge < -0.3 is 20.4 Å². The van der Waals surface area contributed by atoms with Crippen molar-refractivity contribution < 1.29 is 30.1 Å². The van der Waals surface area contributed by atoms with Crippen LogP contribution in [0.25, 0.3) is 0 Å². The van der Waals surface area contributed by atoms with Crippen LogP contribution in [0.4, 0.5) is 0 Å². The van der Waals surface area contributed by atoms with Crippen LogP contribution in [0.1, 0.15) is 13.3 Å². The van der Waals surface area contributed by atoms with E-state index in [1.54, 1.807) is 0 Å². The van der Waals surface area contributed by atoms with Gasteiger partial charge in [-0.05, 0) is 6.42 Å². The minimum atomic E-state index is -1.77. The zero-order valence-electron chi connectivity index (χ0n) is 9.17. The van der Waals surface area contributed by atoms with Gasteiger partial charge in [0.1, 0.15) is 24.9 Å². The normalized spacial score (nSPS) is 16.8. The number of ketones is 1. The summed E-state index contributed by atoms with van der Waals surface area (Å²) in [5, 5.41) is 36.0. The smallest absolute Gasteiger partial charge is 0.191 e. The van der Waals surface area contributed by atoms with E-state index in [1.165, 1.54) is 0 Å². The lowest BCUT2D eigenvalue weighted by molar-refractivity contribution is -0.147. The Kier molecular flexibility index (Phi) is 8.26. The lowest BCUT2D eigenvalue weighted by atomic mass is 10.1. The summed E-state index contributed by atoms with van der Waals surface area (Å²) in [7, 11) is 0. The fourth-order valence-electron chi connectivity index (χ4n) is 0.891. The average Bonchev–Trinajstić information content (AvgIpc) is 2.31. The summed E-state index contributed by atoms with van der Waals surface area (Å²) >= 11 is 0. The second kappa shape index (κ2) is 8.57. The van der Waals surface area contributed by atoms with Crippen molar-refractivity contribution in [2.75, 3.05) is 19.8 Å². The Morgan fingerprint density at radius 1 is 1.38 bits per heavy atom. The molecule has 0 radical (unpaired) electrons. The van der Waals surface area contributed by atoms with Gasteiger partial charge in [-0.2, -0.15) is 0 Å². The molecule has 0 aromatic carbocycles. The monoisotopic (exact) mass is 237 g/mol. The predicted octanol–water partition coefficient (Wildman–Crippen LogP) is -2.44. The molecule has 0 aliphatic heterocycles. The predicted molar refractivity (Wildman–Crippen MR) is 54.4 cm³/mol. The number of hydrogen-bond acceptors (Lipinski definition) is 7. The van der Waals surface area contributed by atoms with E-state index in [0.717, 1.165) is 6.42 Å². The molecule has 0 unspecified atom stereocenters. The lowest BCUT2D eigenvalue weighted by Crippen LogP contribution is -2.45. The van der Waals surface area contributed by atoms with Crippen molar-refractivity contribution in [1.29, 1.82) is 0 Å². The zero-order chi connectivity index (χ0) is 12.6. The molecule has 0 heterocycles. The summed E-state index contributed by atoms with van der Waals surface area (Å²) in [5.41, 5.74) is 2.48. The van der Waals surface area contributed by atoms with Crippen LogP contribution < -0.4 is 5.48 Å². The van der Waals surface area contributed by atoms with Gasteiger partial charge in [-0.25, -0.2) is 5.48 Å². The molecule has 0 saturated heterocycles. The maximum Gasteiger partial charge on any atom is 0.191 e. The van der Waals surface area contributed by atoms with Crippen molar-refractivity contribution in [3.05, 3.63) is 0 Å². The van der Waals surface area contributed by atoms with Gasteiger partial charge in [0.15, 0.2) is 5.78 Å². The van der Waals surface area contributed by atoms with E-state index < -0.39 is 37.3 Å². The van der Waals surface area contributed by atoms with Crippen LogP contribution >= 0.6 is 0 Å². The fraction of sp³-hybridized carbons (Fsp3) is 0.889. The number of aliphatic hydroxyl groups is 4.